The van der Waals surface area contributed by atoms with Gasteiger partial charge in [-0.25, -0.2) is 0 Å². The van der Waals surface area contributed by atoms with Crippen LogP contribution in [0.25, 0.3) is 0 Å². The van der Waals surface area contributed by atoms with Gasteiger partial charge in [0.1, 0.15) is 0 Å². The van der Waals surface area contributed by atoms with Crippen LogP contribution in [-0.2, 0) is 4.79 Å². The van der Waals surface area contributed by atoms with Crippen molar-refractivity contribution >= 4 is 5.91 Å². The number of amides is 1. The molecule has 2 aliphatic carbocycles. The largest absolute Gasteiger partial charge is 0.353 e. The van der Waals surface area contributed by atoms with Gasteiger partial charge in [0.2, 0.25) is 5.91 Å². The molecule has 0 saturated heterocycles. The minimum Gasteiger partial charge on any atom is -0.353 e. The smallest absolute Gasteiger partial charge is 0.220 e. The lowest BCUT2D eigenvalue weighted by atomic mass is 10.1. The number of hydrogen-bond donors (Lipinski definition) is 2. The molecular formula is C13H24N2O. The van der Waals surface area contributed by atoms with E-state index in [0.717, 1.165) is 18.9 Å². The molecular weight excluding hydrogens is 200 g/mol. The third-order valence-corrected chi connectivity index (χ3v) is 3.40. The van der Waals surface area contributed by atoms with E-state index in [1.807, 2.05) is 0 Å². The number of nitrogens with one attached hydrogen (secondary N) is 2. The lowest BCUT2D eigenvalue weighted by Gasteiger charge is -2.12. The van der Waals surface area contributed by atoms with Crippen LogP contribution in [0.15, 0.2) is 0 Å². The van der Waals surface area contributed by atoms with Gasteiger partial charge in [-0.05, 0) is 45.1 Å². The van der Waals surface area contributed by atoms with Crippen molar-refractivity contribution in [3.63, 3.8) is 0 Å². The number of hydrogen-bond acceptors (Lipinski definition) is 2. The van der Waals surface area contributed by atoms with E-state index in [-0.39, 0.29) is 5.91 Å². The van der Waals surface area contributed by atoms with Crippen molar-refractivity contribution in [1.82, 2.24) is 10.6 Å². The second-order valence-corrected chi connectivity index (χ2v) is 5.48. The molecule has 16 heavy (non-hydrogen) atoms. The molecule has 3 nitrogen and oxygen atoms in total. The van der Waals surface area contributed by atoms with Crippen LogP contribution in [0.4, 0.5) is 0 Å². The van der Waals surface area contributed by atoms with Gasteiger partial charge in [0.05, 0.1) is 0 Å². The van der Waals surface area contributed by atoms with Crippen LogP contribution in [0, 0.1) is 5.92 Å². The zero-order valence-corrected chi connectivity index (χ0v) is 10.3. The van der Waals surface area contributed by atoms with Crippen LogP contribution in [0.1, 0.15) is 51.9 Å². The first-order valence-corrected chi connectivity index (χ1v) is 6.77. The van der Waals surface area contributed by atoms with E-state index in [4.69, 9.17) is 0 Å². The summed E-state index contributed by atoms with van der Waals surface area (Å²) in [6.07, 6.45) is 8.18. The molecule has 0 spiro atoms. The molecule has 0 bridgehead atoms. The summed E-state index contributed by atoms with van der Waals surface area (Å²) in [6.45, 7) is 3.23. The maximum Gasteiger partial charge on any atom is 0.220 e. The molecule has 2 N–H and O–H groups in total. The Morgan fingerprint density at radius 2 is 2.06 bits per heavy atom. The van der Waals surface area contributed by atoms with Gasteiger partial charge in [-0.1, -0.05) is 12.8 Å². The monoisotopic (exact) mass is 224 g/mol. The van der Waals surface area contributed by atoms with Gasteiger partial charge < -0.3 is 10.6 Å². The summed E-state index contributed by atoms with van der Waals surface area (Å²) < 4.78 is 0. The van der Waals surface area contributed by atoms with Gasteiger partial charge >= 0.3 is 0 Å². The van der Waals surface area contributed by atoms with E-state index in [1.165, 1.54) is 32.1 Å². The number of carbonyl (C=O) groups is 1. The number of carbonyl (C=O) groups excluding carboxylic acids is 1. The highest BCUT2D eigenvalue weighted by atomic mass is 16.1. The lowest BCUT2D eigenvalue weighted by molar-refractivity contribution is -0.121. The lowest BCUT2D eigenvalue weighted by Crippen LogP contribution is -2.30. The van der Waals surface area contributed by atoms with Crippen LogP contribution in [0.5, 0.6) is 0 Å². The van der Waals surface area contributed by atoms with E-state index in [9.17, 15) is 4.79 Å². The molecule has 0 radical (unpaired) electrons. The Morgan fingerprint density at radius 3 is 2.69 bits per heavy atom. The Labute approximate surface area is 98.4 Å². The minimum atomic E-state index is 0.235. The maximum atomic E-state index is 11.4. The molecule has 0 heterocycles. The molecule has 2 rings (SSSR count). The van der Waals surface area contributed by atoms with Gasteiger partial charge in [0.15, 0.2) is 0 Å². The highest BCUT2D eigenvalue weighted by Gasteiger charge is 2.24. The molecule has 92 valence electrons. The fourth-order valence-electron chi connectivity index (χ4n) is 2.06. The zero-order valence-electron chi connectivity index (χ0n) is 10.3. The second kappa shape index (κ2) is 5.67. The maximum absolute atomic E-state index is 11.4. The van der Waals surface area contributed by atoms with E-state index < -0.39 is 0 Å². The van der Waals surface area contributed by atoms with E-state index in [1.54, 1.807) is 0 Å². The highest BCUT2D eigenvalue weighted by molar-refractivity contribution is 5.76. The molecule has 1 amide bonds. The van der Waals surface area contributed by atoms with Crippen LogP contribution in [-0.4, -0.2) is 24.5 Å². The van der Waals surface area contributed by atoms with Gasteiger partial charge in [0.25, 0.3) is 0 Å². The van der Waals surface area contributed by atoms with Gasteiger partial charge in [-0.3, -0.25) is 4.79 Å². The Kier molecular flexibility index (Phi) is 4.22. The number of rotatable bonds is 8. The van der Waals surface area contributed by atoms with Crippen molar-refractivity contribution in [2.75, 3.05) is 6.54 Å². The van der Waals surface area contributed by atoms with Crippen molar-refractivity contribution in [3.05, 3.63) is 0 Å². The molecule has 0 aromatic heterocycles. The average Bonchev–Trinajstić information content (AvgIpc) is 3.08. The SMILES string of the molecule is CC(CC1CC1)NCCCC(=O)NC1CC1. The summed E-state index contributed by atoms with van der Waals surface area (Å²) in [5, 5.41) is 6.52. The predicted octanol–water partition coefficient (Wildman–Crippen LogP) is 1.82. The third-order valence-electron chi connectivity index (χ3n) is 3.40. The molecule has 1 unspecified atom stereocenters. The molecule has 3 heteroatoms. The van der Waals surface area contributed by atoms with Gasteiger partial charge in [-0.15, -0.1) is 0 Å². The van der Waals surface area contributed by atoms with E-state index in [2.05, 4.69) is 17.6 Å². The van der Waals surface area contributed by atoms with Crippen LogP contribution >= 0.6 is 0 Å². The third kappa shape index (κ3) is 4.97. The highest BCUT2D eigenvalue weighted by Crippen LogP contribution is 2.33. The van der Waals surface area contributed by atoms with Crippen LogP contribution in [0.3, 0.4) is 0 Å². The Balaban J connectivity index is 1.42. The summed E-state index contributed by atoms with van der Waals surface area (Å²) in [6, 6.07) is 1.13. The van der Waals surface area contributed by atoms with Crippen LogP contribution in [0.2, 0.25) is 0 Å². The molecule has 0 aliphatic heterocycles. The standard InChI is InChI=1S/C13H24N2O/c1-10(9-11-4-5-11)14-8-2-3-13(16)15-12-6-7-12/h10-12,14H,2-9H2,1H3,(H,15,16). The van der Waals surface area contributed by atoms with Crippen molar-refractivity contribution in [2.24, 2.45) is 5.92 Å². The normalized spacial score (nSPS) is 21.8. The Hall–Kier alpha value is -0.570. The first-order chi connectivity index (χ1) is 7.74. The van der Waals surface area contributed by atoms with Crippen molar-refractivity contribution < 1.29 is 4.79 Å². The predicted molar refractivity (Wildman–Crippen MR) is 65.2 cm³/mol. The Bertz CT molecular complexity index is 234. The van der Waals surface area contributed by atoms with Gasteiger partial charge in [-0.2, -0.15) is 0 Å². The molecule has 2 aliphatic rings. The second-order valence-electron chi connectivity index (χ2n) is 5.48. The fraction of sp³-hybridized carbons (Fsp3) is 0.923. The fourth-order valence-corrected chi connectivity index (χ4v) is 2.06. The summed E-state index contributed by atoms with van der Waals surface area (Å²) in [7, 11) is 0. The molecule has 2 saturated carbocycles. The molecule has 1 atom stereocenters. The molecule has 2 fully saturated rings. The minimum absolute atomic E-state index is 0.235. The Morgan fingerprint density at radius 1 is 1.31 bits per heavy atom. The topological polar surface area (TPSA) is 41.1 Å². The summed E-state index contributed by atoms with van der Waals surface area (Å²) in [5.74, 6) is 1.22. The van der Waals surface area contributed by atoms with Crippen molar-refractivity contribution in [1.29, 1.82) is 0 Å². The first-order valence-electron chi connectivity index (χ1n) is 6.77. The summed E-state index contributed by atoms with van der Waals surface area (Å²) in [5.41, 5.74) is 0. The van der Waals surface area contributed by atoms with Crippen molar-refractivity contribution in [3.8, 4) is 0 Å². The quantitative estimate of drug-likeness (QED) is 0.618. The van der Waals surface area contributed by atoms with Crippen molar-refractivity contribution in [2.45, 2.75) is 64.0 Å². The van der Waals surface area contributed by atoms with Gasteiger partial charge in [0, 0.05) is 18.5 Å². The molecule has 0 aromatic rings. The summed E-state index contributed by atoms with van der Waals surface area (Å²) >= 11 is 0. The summed E-state index contributed by atoms with van der Waals surface area (Å²) in [4.78, 5) is 11.4. The first kappa shape index (κ1) is 11.9. The van der Waals surface area contributed by atoms with E-state index >= 15 is 0 Å². The van der Waals surface area contributed by atoms with E-state index in [0.29, 0.717) is 18.5 Å². The molecule has 0 aromatic carbocycles. The van der Waals surface area contributed by atoms with Crippen LogP contribution < -0.4 is 10.6 Å². The average molecular weight is 224 g/mol. The zero-order chi connectivity index (χ0) is 11.4.